The number of carbonyl (C=O) groups excluding carboxylic acids is 2. The van der Waals surface area contributed by atoms with Crippen molar-refractivity contribution in [1.82, 2.24) is 10.6 Å². The lowest BCUT2D eigenvalue weighted by atomic mass is 10.1. The van der Waals surface area contributed by atoms with E-state index in [1.165, 1.54) is 15.8 Å². The molecule has 4 nitrogen and oxygen atoms in total. The third kappa shape index (κ3) is 4.17. The Morgan fingerprint density at radius 1 is 1.24 bits per heavy atom. The average molecular weight is 354 g/mol. The minimum atomic E-state index is -0.227. The Morgan fingerprint density at radius 2 is 2.04 bits per heavy atom. The zero-order valence-electron chi connectivity index (χ0n) is 14.2. The highest BCUT2D eigenvalue weighted by Crippen LogP contribution is 2.31. The molecule has 2 N–H and O–H groups in total. The first-order chi connectivity index (χ1) is 12.1. The van der Waals surface area contributed by atoms with Crippen molar-refractivity contribution in [1.29, 1.82) is 0 Å². The number of fused-ring (bicyclic) bond motifs is 1. The van der Waals surface area contributed by atoms with Crippen molar-refractivity contribution < 1.29 is 9.59 Å². The summed E-state index contributed by atoms with van der Waals surface area (Å²) in [5.74, 6) is -0.211. The second-order valence-corrected chi connectivity index (χ2v) is 7.65. The number of benzene rings is 1. The molecule has 0 aliphatic heterocycles. The number of amides is 2. The van der Waals surface area contributed by atoms with Gasteiger partial charge in [-0.1, -0.05) is 30.8 Å². The van der Waals surface area contributed by atoms with Gasteiger partial charge in [0.1, 0.15) is 0 Å². The van der Waals surface area contributed by atoms with Gasteiger partial charge in [-0.25, -0.2) is 0 Å². The molecular formula is C20H22N2O2S. The zero-order chi connectivity index (χ0) is 17.8. The van der Waals surface area contributed by atoms with E-state index in [0.717, 1.165) is 24.0 Å². The Bertz CT molecular complexity index is 796. The molecule has 1 aromatic heterocycles. The number of hydrogen-bond acceptors (Lipinski definition) is 3. The van der Waals surface area contributed by atoms with E-state index in [-0.39, 0.29) is 23.9 Å². The van der Waals surface area contributed by atoms with Gasteiger partial charge in [-0.2, -0.15) is 0 Å². The van der Waals surface area contributed by atoms with Crippen LogP contribution in [0.1, 0.15) is 33.3 Å². The normalized spacial score (nSPS) is 18.4. The van der Waals surface area contributed by atoms with Crippen LogP contribution in [0.5, 0.6) is 0 Å². The number of hydrogen-bond donors (Lipinski definition) is 2. The average Bonchev–Trinajstić information content (AvgIpc) is 3.17. The zero-order valence-corrected chi connectivity index (χ0v) is 15.1. The van der Waals surface area contributed by atoms with E-state index in [4.69, 9.17) is 0 Å². The maximum Gasteiger partial charge on any atom is 0.243 e. The summed E-state index contributed by atoms with van der Waals surface area (Å²) in [5, 5.41) is 6.05. The van der Waals surface area contributed by atoms with Crippen molar-refractivity contribution in [2.24, 2.45) is 0 Å². The Morgan fingerprint density at radius 3 is 2.76 bits per heavy atom. The lowest BCUT2D eigenvalue weighted by Gasteiger charge is -2.22. The Labute approximate surface area is 152 Å². The molecule has 1 aliphatic rings. The lowest BCUT2D eigenvalue weighted by molar-refractivity contribution is -0.123. The molecule has 0 spiro atoms. The van der Waals surface area contributed by atoms with Crippen LogP contribution in [-0.4, -0.2) is 17.9 Å². The van der Waals surface area contributed by atoms with Crippen LogP contribution in [0.4, 0.5) is 0 Å². The number of aryl methyl sites for hydroxylation is 2. The minimum Gasteiger partial charge on any atom is -0.351 e. The number of carbonyl (C=O) groups is 2. The molecule has 0 saturated carbocycles. The third-order valence-electron chi connectivity index (χ3n) is 4.46. The molecule has 2 aromatic rings. The summed E-state index contributed by atoms with van der Waals surface area (Å²) in [5.41, 5.74) is 2.23. The molecule has 5 heteroatoms. The van der Waals surface area contributed by atoms with E-state index in [2.05, 4.69) is 36.3 Å². The van der Waals surface area contributed by atoms with Crippen molar-refractivity contribution in [3.8, 4) is 0 Å². The van der Waals surface area contributed by atoms with Gasteiger partial charge in [0.15, 0.2) is 0 Å². The highest BCUT2D eigenvalue weighted by molar-refractivity contribution is 7.11. The summed E-state index contributed by atoms with van der Waals surface area (Å²) >= 11 is 1.73. The summed E-state index contributed by atoms with van der Waals surface area (Å²) in [4.78, 5) is 26.7. The van der Waals surface area contributed by atoms with E-state index >= 15 is 0 Å². The minimum absolute atomic E-state index is 0.0155. The fraction of sp³-hybridized carbons (Fsp3) is 0.300. The topological polar surface area (TPSA) is 58.2 Å². The number of thiophene rings is 1. The van der Waals surface area contributed by atoms with Crippen molar-refractivity contribution in [2.75, 3.05) is 0 Å². The fourth-order valence-electron chi connectivity index (χ4n) is 3.26. The first-order valence-electron chi connectivity index (χ1n) is 8.42. The maximum absolute atomic E-state index is 12.4. The van der Waals surface area contributed by atoms with Gasteiger partial charge in [-0.3, -0.25) is 9.59 Å². The quantitative estimate of drug-likeness (QED) is 0.783. The fourth-order valence-corrected chi connectivity index (χ4v) is 4.14. The van der Waals surface area contributed by atoms with Crippen molar-refractivity contribution in [3.05, 3.63) is 69.9 Å². The summed E-state index contributed by atoms with van der Waals surface area (Å²) in [6, 6.07) is 11.8. The summed E-state index contributed by atoms with van der Waals surface area (Å²) in [6.07, 6.45) is 3.18. The van der Waals surface area contributed by atoms with Gasteiger partial charge >= 0.3 is 0 Å². The van der Waals surface area contributed by atoms with Crippen LogP contribution in [0.2, 0.25) is 0 Å². The van der Waals surface area contributed by atoms with Crippen LogP contribution in [0, 0.1) is 6.92 Å². The van der Waals surface area contributed by atoms with Crippen LogP contribution < -0.4 is 10.6 Å². The number of nitrogens with one attached hydrogen (secondary N) is 2. The first kappa shape index (κ1) is 17.4. The highest BCUT2D eigenvalue weighted by atomic mass is 32.1. The van der Waals surface area contributed by atoms with Gasteiger partial charge in [0.2, 0.25) is 11.8 Å². The molecule has 0 saturated heterocycles. The predicted molar refractivity (Wildman–Crippen MR) is 101 cm³/mol. The van der Waals surface area contributed by atoms with Gasteiger partial charge in [-0.05, 0) is 49.1 Å². The molecule has 25 heavy (non-hydrogen) atoms. The number of rotatable bonds is 6. The largest absolute Gasteiger partial charge is 0.351 e. The molecule has 0 bridgehead atoms. The lowest BCUT2D eigenvalue weighted by Crippen LogP contribution is -2.44. The van der Waals surface area contributed by atoms with E-state index < -0.39 is 0 Å². The standard InChI is InChI=1S/C20H22N2O2S/c1-3-18(23)22-20-16-7-5-4-6-14(16)12-17(20)21-19(24)11-10-15-9-8-13(2)25-15/h3-9,17,20H,1,10-12H2,2H3,(H,21,24)(H,22,23)/t17-,20-/m1/s1. The molecule has 1 aliphatic carbocycles. The second-order valence-electron chi connectivity index (χ2n) is 6.28. The van der Waals surface area contributed by atoms with Crippen molar-refractivity contribution >= 4 is 23.2 Å². The Kier molecular flexibility index (Phi) is 5.34. The summed E-state index contributed by atoms with van der Waals surface area (Å²) in [6.45, 7) is 5.58. The molecule has 2 amide bonds. The van der Waals surface area contributed by atoms with Crippen molar-refractivity contribution in [3.63, 3.8) is 0 Å². The van der Waals surface area contributed by atoms with E-state index in [1.54, 1.807) is 11.3 Å². The van der Waals surface area contributed by atoms with Gasteiger partial charge < -0.3 is 10.6 Å². The Hall–Kier alpha value is -2.40. The van der Waals surface area contributed by atoms with E-state index in [1.807, 2.05) is 24.3 Å². The van der Waals surface area contributed by atoms with E-state index in [0.29, 0.717) is 6.42 Å². The Balaban J connectivity index is 1.64. The van der Waals surface area contributed by atoms with Gasteiger partial charge in [0, 0.05) is 16.2 Å². The highest BCUT2D eigenvalue weighted by Gasteiger charge is 2.33. The van der Waals surface area contributed by atoms with Crippen LogP contribution in [0.15, 0.2) is 49.1 Å². The maximum atomic E-state index is 12.4. The summed E-state index contributed by atoms with van der Waals surface area (Å²) < 4.78 is 0. The summed E-state index contributed by atoms with van der Waals surface area (Å²) in [7, 11) is 0. The van der Waals surface area contributed by atoms with Crippen LogP contribution in [0.3, 0.4) is 0 Å². The van der Waals surface area contributed by atoms with Gasteiger partial charge in [-0.15, -0.1) is 11.3 Å². The smallest absolute Gasteiger partial charge is 0.243 e. The molecule has 2 atom stereocenters. The van der Waals surface area contributed by atoms with Crippen molar-refractivity contribution in [2.45, 2.75) is 38.3 Å². The SMILES string of the molecule is C=CC(=O)N[C@@H]1c2ccccc2C[C@H]1NC(=O)CCc1ccc(C)s1. The predicted octanol–water partition coefficient (Wildman–Crippen LogP) is 3.07. The molecule has 0 unspecified atom stereocenters. The molecule has 3 rings (SSSR count). The van der Waals surface area contributed by atoms with Gasteiger partial charge in [0.05, 0.1) is 12.1 Å². The molecule has 1 heterocycles. The molecular weight excluding hydrogens is 332 g/mol. The van der Waals surface area contributed by atoms with Gasteiger partial charge in [0.25, 0.3) is 0 Å². The third-order valence-corrected chi connectivity index (χ3v) is 5.52. The van der Waals surface area contributed by atoms with Crippen LogP contribution in [-0.2, 0) is 22.4 Å². The molecule has 0 fully saturated rings. The van der Waals surface area contributed by atoms with Crippen LogP contribution in [0.25, 0.3) is 0 Å². The molecule has 0 radical (unpaired) electrons. The van der Waals surface area contributed by atoms with E-state index in [9.17, 15) is 9.59 Å². The monoisotopic (exact) mass is 354 g/mol. The molecule has 130 valence electrons. The molecule has 1 aromatic carbocycles. The van der Waals surface area contributed by atoms with Crippen LogP contribution >= 0.6 is 11.3 Å². The second kappa shape index (κ2) is 7.66. The first-order valence-corrected chi connectivity index (χ1v) is 9.24.